The molecule has 4 rings (SSSR count). The van der Waals surface area contributed by atoms with Gasteiger partial charge in [-0.2, -0.15) is 5.10 Å². The monoisotopic (exact) mass is 366 g/mol. The molecular formula is C19H22N6O2. The Morgan fingerprint density at radius 3 is 2.96 bits per heavy atom. The van der Waals surface area contributed by atoms with E-state index in [0.717, 1.165) is 31.2 Å². The standard InChI is InChI=1S/C19H22N6O2/c26-16-6-2-1-5-15(16)23-19(27)14-12-22-25-9-7-17(24-18(14)25)21-11-13-4-3-8-20-10-13/h3-4,7-10,12,15-16,26H,1-2,5-6,11H2,(H,21,24)(H,23,27). The quantitative estimate of drug-likeness (QED) is 0.636. The SMILES string of the molecule is O=C(NC1CCCCC1O)c1cnn2ccc(NCc3cccnc3)nc12. The van der Waals surface area contributed by atoms with E-state index in [1.165, 1.54) is 6.20 Å². The fourth-order valence-corrected chi connectivity index (χ4v) is 3.35. The van der Waals surface area contributed by atoms with Crippen LogP contribution in [0.1, 0.15) is 41.6 Å². The Balaban J connectivity index is 1.50. The van der Waals surface area contributed by atoms with Crippen molar-refractivity contribution in [3.8, 4) is 0 Å². The Bertz CT molecular complexity index is 926. The second kappa shape index (κ2) is 7.71. The van der Waals surface area contributed by atoms with Crippen molar-refractivity contribution < 1.29 is 9.90 Å². The van der Waals surface area contributed by atoms with Gasteiger partial charge in [-0.3, -0.25) is 9.78 Å². The number of aliphatic hydroxyl groups excluding tert-OH is 1. The number of hydrogen-bond donors (Lipinski definition) is 3. The minimum absolute atomic E-state index is 0.215. The second-order valence-corrected chi connectivity index (χ2v) is 6.79. The zero-order valence-electron chi connectivity index (χ0n) is 14.9. The van der Waals surface area contributed by atoms with Crippen molar-refractivity contribution in [1.82, 2.24) is 24.9 Å². The summed E-state index contributed by atoms with van der Waals surface area (Å²) < 4.78 is 1.57. The van der Waals surface area contributed by atoms with Crippen molar-refractivity contribution in [2.75, 3.05) is 5.32 Å². The molecule has 0 bridgehead atoms. The molecule has 8 nitrogen and oxygen atoms in total. The van der Waals surface area contributed by atoms with Crippen molar-refractivity contribution in [1.29, 1.82) is 0 Å². The zero-order chi connectivity index (χ0) is 18.6. The predicted octanol–water partition coefficient (Wildman–Crippen LogP) is 1.77. The molecule has 2 atom stereocenters. The van der Waals surface area contributed by atoms with E-state index in [9.17, 15) is 9.90 Å². The number of anilines is 1. The molecule has 3 aromatic heterocycles. The molecule has 0 saturated heterocycles. The largest absolute Gasteiger partial charge is 0.391 e. The molecular weight excluding hydrogens is 344 g/mol. The minimum atomic E-state index is -0.491. The van der Waals surface area contributed by atoms with Crippen LogP contribution in [-0.2, 0) is 6.54 Å². The van der Waals surface area contributed by atoms with E-state index in [-0.39, 0.29) is 11.9 Å². The van der Waals surface area contributed by atoms with Gasteiger partial charge >= 0.3 is 0 Å². The maximum Gasteiger partial charge on any atom is 0.257 e. The molecule has 1 saturated carbocycles. The van der Waals surface area contributed by atoms with E-state index in [1.807, 2.05) is 18.2 Å². The Hall–Kier alpha value is -3.00. The number of carbonyl (C=O) groups is 1. The number of aromatic nitrogens is 4. The van der Waals surface area contributed by atoms with Gasteiger partial charge in [-0.25, -0.2) is 9.50 Å². The first-order valence-corrected chi connectivity index (χ1v) is 9.17. The highest BCUT2D eigenvalue weighted by atomic mass is 16.3. The molecule has 1 fully saturated rings. The number of nitrogens with one attached hydrogen (secondary N) is 2. The number of fused-ring (bicyclic) bond motifs is 1. The highest BCUT2D eigenvalue weighted by Gasteiger charge is 2.26. The van der Waals surface area contributed by atoms with Gasteiger partial charge in [-0.15, -0.1) is 0 Å². The van der Waals surface area contributed by atoms with Crippen molar-refractivity contribution in [3.05, 3.63) is 54.1 Å². The van der Waals surface area contributed by atoms with Gasteiger partial charge in [0, 0.05) is 25.1 Å². The highest BCUT2D eigenvalue weighted by molar-refractivity contribution is 5.99. The van der Waals surface area contributed by atoms with Crippen LogP contribution in [0.4, 0.5) is 5.82 Å². The van der Waals surface area contributed by atoms with Crippen LogP contribution in [0.25, 0.3) is 5.65 Å². The van der Waals surface area contributed by atoms with E-state index >= 15 is 0 Å². The smallest absolute Gasteiger partial charge is 0.257 e. The van der Waals surface area contributed by atoms with Gasteiger partial charge in [0.15, 0.2) is 5.65 Å². The number of pyridine rings is 1. The number of carbonyl (C=O) groups excluding carboxylic acids is 1. The predicted molar refractivity (Wildman–Crippen MR) is 100 cm³/mol. The van der Waals surface area contributed by atoms with Crippen molar-refractivity contribution in [2.45, 2.75) is 44.4 Å². The van der Waals surface area contributed by atoms with Crippen molar-refractivity contribution in [2.24, 2.45) is 0 Å². The van der Waals surface area contributed by atoms with Crippen LogP contribution in [-0.4, -0.2) is 42.7 Å². The van der Waals surface area contributed by atoms with Crippen LogP contribution in [0.15, 0.2) is 43.0 Å². The Kier molecular flexibility index (Phi) is 4.97. The van der Waals surface area contributed by atoms with Gasteiger partial charge in [0.2, 0.25) is 0 Å². The molecule has 140 valence electrons. The summed E-state index contributed by atoms with van der Waals surface area (Å²) in [6, 6.07) is 5.45. The summed E-state index contributed by atoms with van der Waals surface area (Å²) in [5.74, 6) is 0.395. The molecule has 27 heavy (non-hydrogen) atoms. The number of hydrogen-bond acceptors (Lipinski definition) is 6. The van der Waals surface area contributed by atoms with Crippen LogP contribution in [0.5, 0.6) is 0 Å². The third-order valence-electron chi connectivity index (χ3n) is 4.86. The van der Waals surface area contributed by atoms with Crippen LogP contribution in [0, 0.1) is 0 Å². The summed E-state index contributed by atoms with van der Waals surface area (Å²) in [4.78, 5) is 21.3. The molecule has 1 aliphatic rings. The Morgan fingerprint density at radius 2 is 2.15 bits per heavy atom. The lowest BCUT2D eigenvalue weighted by Crippen LogP contribution is -2.45. The summed E-state index contributed by atoms with van der Waals surface area (Å²) in [7, 11) is 0. The lowest BCUT2D eigenvalue weighted by molar-refractivity contribution is 0.0718. The van der Waals surface area contributed by atoms with Crippen LogP contribution in [0.3, 0.4) is 0 Å². The fourth-order valence-electron chi connectivity index (χ4n) is 3.35. The number of aliphatic hydroxyl groups is 1. The highest BCUT2D eigenvalue weighted by Crippen LogP contribution is 2.19. The lowest BCUT2D eigenvalue weighted by atomic mass is 9.92. The van der Waals surface area contributed by atoms with Crippen molar-refractivity contribution >= 4 is 17.4 Å². The normalized spacial score (nSPS) is 19.7. The molecule has 3 N–H and O–H groups in total. The topological polar surface area (TPSA) is 104 Å². The number of rotatable bonds is 5. The maximum atomic E-state index is 12.7. The van der Waals surface area contributed by atoms with Gasteiger partial charge in [0.1, 0.15) is 11.4 Å². The third-order valence-corrected chi connectivity index (χ3v) is 4.86. The van der Waals surface area contributed by atoms with Crippen LogP contribution in [0.2, 0.25) is 0 Å². The van der Waals surface area contributed by atoms with Crippen LogP contribution < -0.4 is 10.6 Å². The minimum Gasteiger partial charge on any atom is -0.391 e. The molecule has 1 aliphatic carbocycles. The first-order chi connectivity index (χ1) is 13.2. The molecule has 3 heterocycles. The van der Waals surface area contributed by atoms with Gasteiger partial charge in [-0.1, -0.05) is 18.9 Å². The molecule has 1 amide bonds. The first-order valence-electron chi connectivity index (χ1n) is 9.17. The molecule has 2 unspecified atom stereocenters. The maximum absolute atomic E-state index is 12.7. The molecule has 0 spiro atoms. The van der Waals surface area contributed by atoms with Crippen LogP contribution >= 0.6 is 0 Å². The Labute approximate surface area is 156 Å². The lowest BCUT2D eigenvalue weighted by Gasteiger charge is -2.28. The summed E-state index contributed by atoms with van der Waals surface area (Å²) in [5.41, 5.74) is 1.92. The first kappa shape index (κ1) is 17.4. The summed E-state index contributed by atoms with van der Waals surface area (Å²) in [6.07, 6.45) is 9.83. The van der Waals surface area contributed by atoms with Crippen molar-refractivity contribution in [3.63, 3.8) is 0 Å². The summed E-state index contributed by atoms with van der Waals surface area (Å²) in [6.45, 7) is 0.584. The molecule has 0 aliphatic heterocycles. The molecule has 0 radical (unpaired) electrons. The van der Waals surface area contributed by atoms with Gasteiger partial charge in [-0.05, 0) is 30.5 Å². The third kappa shape index (κ3) is 3.90. The second-order valence-electron chi connectivity index (χ2n) is 6.79. The summed E-state index contributed by atoms with van der Waals surface area (Å²) in [5, 5.41) is 20.5. The molecule has 8 heteroatoms. The van der Waals surface area contributed by atoms with E-state index in [0.29, 0.717) is 23.6 Å². The van der Waals surface area contributed by atoms with E-state index in [2.05, 4.69) is 25.7 Å². The van der Waals surface area contributed by atoms with E-state index < -0.39 is 6.10 Å². The fraction of sp³-hybridized carbons (Fsp3) is 0.368. The Morgan fingerprint density at radius 1 is 1.26 bits per heavy atom. The average molecular weight is 366 g/mol. The van der Waals surface area contributed by atoms with E-state index in [4.69, 9.17) is 0 Å². The zero-order valence-corrected chi connectivity index (χ0v) is 14.9. The van der Waals surface area contributed by atoms with Gasteiger partial charge in [0.25, 0.3) is 5.91 Å². The molecule has 3 aromatic rings. The van der Waals surface area contributed by atoms with Gasteiger partial charge < -0.3 is 15.7 Å². The average Bonchev–Trinajstić information content (AvgIpc) is 3.12. The number of nitrogens with zero attached hydrogens (tertiary/aromatic N) is 4. The molecule has 0 aromatic carbocycles. The number of amides is 1. The van der Waals surface area contributed by atoms with Gasteiger partial charge in [0.05, 0.1) is 18.3 Å². The summed E-state index contributed by atoms with van der Waals surface area (Å²) >= 11 is 0. The van der Waals surface area contributed by atoms with E-state index in [1.54, 1.807) is 23.1 Å².